The van der Waals surface area contributed by atoms with Crippen LogP contribution < -0.4 is 5.43 Å². The predicted molar refractivity (Wildman–Crippen MR) is 122 cm³/mol. The van der Waals surface area contributed by atoms with Crippen LogP contribution in [0.1, 0.15) is 5.56 Å². The van der Waals surface area contributed by atoms with Crippen molar-refractivity contribution in [1.82, 2.24) is 14.6 Å². The maximum Gasteiger partial charge on any atom is 0.254 e. The van der Waals surface area contributed by atoms with E-state index < -0.39 is 10.0 Å². The van der Waals surface area contributed by atoms with Crippen LogP contribution in [0.3, 0.4) is 0 Å². The fourth-order valence-electron chi connectivity index (χ4n) is 2.90. The van der Waals surface area contributed by atoms with Crippen LogP contribution in [0.2, 0.25) is 10.0 Å². The van der Waals surface area contributed by atoms with Crippen molar-refractivity contribution in [2.24, 2.45) is 5.10 Å². The lowest BCUT2D eigenvalue weighted by Crippen LogP contribution is -2.50. The molecule has 0 aromatic heterocycles. The number of sulfonamides is 1. The Balaban J connectivity index is 1.48. The van der Waals surface area contributed by atoms with Gasteiger partial charge in [-0.05, 0) is 36.4 Å². The number of amides is 1. The third kappa shape index (κ3) is 6.03. The van der Waals surface area contributed by atoms with E-state index in [1.165, 1.54) is 10.5 Å². The standard InChI is InChI=1S/C19H19BrCl2N4O3S/c20-15-2-5-17(6-3-15)30(28,29)26-9-7-25(8-10-26)13-19(27)24-23-12-14-1-4-16(21)11-18(14)22/h1-6,11-12H,7-10,13H2,(H,24,27)/b23-12-. The van der Waals surface area contributed by atoms with E-state index in [2.05, 4.69) is 26.5 Å². The van der Waals surface area contributed by atoms with Crippen LogP contribution in [-0.2, 0) is 14.8 Å². The molecule has 160 valence electrons. The number of hydrogen-bond donors (Lipinski definition) is 1. The Kier molecular flexibility index (Phi) is 7.89. The number of halogens is 3. The first-order valence-electron chi connectivity index (χ1n) is 9.01. The first-order valence-corrected chi connectivity index (χ1v) is 12.0. The highest BCUT2D eigenvalue weighted by Gasteiger charge is 2.28. The summed E-state index contributed by atoms with van der Waals surface area (Å²) < 4.78 is 27.7. The van der Waals surface area contributed by atoms with Gasteiger partial charge in [-0.2, -0.15) is 9.41 Å². The van der Waals surface area contributed by atoms with Crippen molar-refractivity contribution in [3.8, 4) is 0 Å². The predicted octanol–water partition coefficient (Wildman–Crippen LogP) is 3.21. The number of carbonyl (C=O) groups excluding carboxylic acids is 1. The second kappa shape index (κ2) is 10.2. The smallest absolute Gasteiger partial charge is 0.254 e. The Morgan fingerprint density at radius 3 is 2.40 bits per heavy atom. The third-order valence-electron chi connectivity index (χ3n) is 4.51. The van der Waals surface area contributed by atoms with Crippen molar-refractivity contribution < 1.29 is 13.2 Å². The van der Waals surface area contributed by atoms with E-state index in [4.69, 9.17) is 23.2 Å². The molecule has 0 spiro atoms. The van der Waals surface area contributed by atoms with Gasteiger partial charge >= 0.3 is 0 Å². The molecule has 3 rings (SSSR count). The van der Waals surface area contributed by atoms with Crippen molar-refractivity contribution in [3.05, 3.63) is 62.5 Å². The normalized spacial score (nSPS) is 16.1. The number of piperazine rings is 1. The molecule has 0 aliphatic carbocycles. The van der Waals surface area contributed by atoms with Crippen molar-refractivity contribution in [2.45, 2.75) is 4.90 Å². The summed E-state index contributed by atoms with van der Waals surface area (Å²) in [6.45, 7) is 1.66. The minimum atomic E-state index is -3.54. The minimum Gasteiger partial charge on any atom is -0.292 e. The number of hydrazone groups is 1. The number of hydrogen-bond acceptors (Lipinski definition) is 5. The van der Waals surface area contributed by atoms with Gasteiger partial charge in [0.25, 0.3) is 5.91 Å². The molecule has 0 unspecified atom stereocenters. The number of nitrogens with zero attached hydrogens (tertiary/aromatic N) is 3. The van der Waals surface area contributed by atoms with Crippen LogP contribution in [0.4, 0.5) is 0 Å². The first kappa shape index (κ1) is 23.2. The Bertz CT molecular complexity index is 1040. The highest BCUT2D eigenvalue weighted by molar-refractivity contribution is 9.10. The quantitative estimate of drug-likeness (QED) is 0.456. The van der Waals surface area contributed by atoms with Gasteiger partial charge in [-0.3, -0.25) is 9.69 Å². The maximum atomic E-state index is 12.7. The zero-order valence-corrected chi connectivity index (χ0v) is 19.7. The highest BCUT2D eigenvalue weighted by atomic mass is 79.9. The summed E-state index contributed by atoms with van der Waals surface area (Å²) in [5, 5.41) is 4.86. The topological polar surface area (TPSA) is 82.1 Å². The van der Waals surface area contributed by atoms with Gasteiger partial charge in [-0.1, -0.05) is 45.2 Å². The lowest BCUT2D eigenvalue weighted by molar-refractivity contribution is -0.122. The van der Waals surface area contributed by atoms with Crippen molar-refractivity contribution >= 4 is 61.3 Å². The molecule has 30 heavy (non-hydrogen) atoms. The van der Waals surface area contributed by atoms with Gasteiger partial charge < -0.3 is 0 Å². The monoisotopic (exact) mass is 532 g/mol. The summed E-state index contributed by atoms with van der Waals surface area (Å²) in [6.07, 6.45) is 1.44. The summed E-state index contributed by atoms with van der Waals surface area (Å²) in [5.41, 5.74) is 3.09. The molecule has 11 heteroatoms. The molecule has 1 heterocycles. The van der Waals surface area contributed by atoms with Gasteiger partial charge in [0, 0.05) is 41.2 Å². The Morgan fingerprint density at radius 1 is 1.10 bits per heavy atom. The molecular weight excluding hydrogens is 515 g/mol. The average Bonchev–Trinajstić information content (AvgIpc) is 2.70. The van der Waals surface area contributed by atoms with Crippen LogP contribution >= 0.6 is 39.1 Å². The lowest BCUT2D eigenvalue weighted by Gasteiger charge is -2.33. The number of carbonyl (C=O) groups is 1. The summed E-state index contributed by atoms with van der Waals surface area (Å²) in [7, 11) is -3.54. The fourth-order valence-corrected chi connectivity index (χ4v) is 5.05. The van der Waals surface area contributed by atoms with Crippen LogP contribution in [-0.4, -0.2) is 62.5 Å². The van der Waals surface area contributed by atoms with Crippen LogP contribution in [0.15, 0.2) is 56.9 Å². The van der Waals surface area contributed by atoms with E-state index in [0.29, 0.717) is 41.8 Å². The van der Waals surface area contributed by atoms with Gasteiger partial charge in [0.15, 0.2) is 0 Å². The molecular formula is C19H19BrCl2N4O3S. The van der Waals surface area contributed by atoms with E-state index in [1.807, 2.05) is 4.90 Å². The molecule has 0 atom stereocenters. The Morgan fingerprint density at radius 2 is 1.77 bits per heavy atom. The van der Waals surface area contributed by atoms with Crippen molar-refractivity contribution in [3.63, 3.8) is 0 Å². The van der Waals surface area contributed by atoms with Crippen LogP contribution in [0, 0.1) is 0 Å². The van der Waals surface area contributed by atoms with Gasteiger partial charge in [0.2, 0.25) is 10.0 Å². The summed E-state index contributed by atoms with van der Waals surface area (Å²) >= 11 is 15.2. The molecule has 1 N–H and O–H groups in total. The molecule has 1 aliphatic rings. The zero-order chi connectivity index (χ0) is 21.7. The van der Waals surface area contributed by atoms with E-state index in [9.17, 15) is 13.2 Å². The maximum absolute atomic E-state index is 12.7. The molecule has 0 bridgehead atoms. The van der Waals surface area contributed by atoms with Crippen molar-refractivity contribution in [1.29, 1.82) is 0 Å². The van der Waals surface area contributed by atoms with Gasteiger partial charge in [-0.15, -0.1) is 0 Å². The number of nitrogens with one attached hydrogen (secondary N) is 1. The number of benzene rings is 2. The molecule has 2 aromatic rings. The van der Waals surface area contributed by atoms with E-state index in [-0.39, 0.29) is 17.3 Å². The van der Waals surface area contributed by atoms with Crippen LogP contribution in [0.5, 0.6) is 0 Å². The lowest BCUT2D eigenvalue weighted by atomic mass is 10.2. The first-order chi connectivity index (χ1) is 14.3. The Labute approximate surface area is 193 Å². The highest BCUT2D eigenvalue weighted by Crippen LogP contribution is 2.20. The van der Waals surface area contributed by atoms with E-state index in [0.717, 1.165) is 4.47 Å². The molecule has 2 aromatic carbocycles. The molecule has 0 radical (unpaired) electrons. The largest absolute Gasteiger partial charge is 0.292 e. The van der Waals surface area contributed by atoms with Gasteiger partial charge in [0.05, 0.1) is 22.7 Å². The second-order valence-corrected chi connectivity index (χ2v) is 10.3. The van der Waals surface area contributed by atoms with Gasteiger partial charge in [0.1, 0.15) is 0 Å². The average molecular weight is 534 g/mol. The Hall–Kier alpha value is -1.49. The van der Waals surface area contributed by atoms with E-state index >= 15 is 0 Å². The van der Waals surface area contributed by atoms with Crippen molar-refractivity contribution in [2.75, 3.05) is 32.7 Å². The number of rotatable bonds is 6. The molecule has 7 nitrogen and oxygen atoms in total. The molecule has 0 saturated carbocycles. The van der Waals surface area contributed by atoms with E-state index in [1.54, 1.807) is 42.5 Å². The summed E-state index contributed by atoms with van der Waals surface area (Å²) in [4.78, 5) is 14.3. The third-order valence-corrected chi connectivity index (χ3v) is 7.51. The zero-order valence-electron chi connectivity index (χ0n) is 15.8. The molecule has 1 saturated heterocycles. The van der Waals surface area contributed by atoms with Gasteiger partial charge in [-0.25, -0.2) is 13.8 Å². The summed E-state index contributed by atoms with van der Waals surface area (Å²) in [6, 6.07) is 11.5. The van der Waals surface area contributed by atoms with Crippen LogP contribution in [0.25, 0.3) is 0 Å². The SMILES string of the molecule is O=C(CN1CCN(S(=O)(=O)c2ccc(Br)cc2)CC1)N/N=C\c1ccc(Cl)cc1Cl. The summed E-state index contributed by atoms with van der Waals surface area (Å²) in [5.74, 6) is -0.291. The molecule has 1 fully saturated rings. The molecule has 1 amide bonds. The minimum absolute atomic E-state index is 0.123. The fraction of sp³-hybridized carbons (Fsp3) is 0.263. The second-order valence-electron chi connectivity index (χ2n) is 6.59. The molecule has 1 aliphatic heterocycles.